The van der Waals surface area contributed by atoms with Gasteiger partial charge in [-0.3, -0.25) is 14.4 Å². The van der Waals surface area contributed by atoms with Crippen LogP contribution >= 0.6 is 23.2 Å². The SMILES string of the molecule is CC(C)C(=O)N1Cc2cc3c(cc2CC1C(=O)N[C@@H](Cc1ccc(-c2ccc(C#N)cc2)cc1)C(=O)O)NC(=O)[C@H](c1ccc(OCc2ccc(Cl)c(Cl)c2)cc1)O3. The van der Waals surface area contributed by atoms with Gasteiger partial charge in [-0.2, -0.15) is 5.26 Å². The summed E-state index contributed by atoms with van der Waals surface area (Å²) in [4.78, 5) is 54.8. The fourth-order valence-electron chi connectivity index (χ4n) is 7.02. The van der Waals surface area contributed by atoms with Crippen LogP contribution < -0.4 is 20.1 Å². The number of carbonyl (C=O) groups is 4. The van der Waals surface area contributed by atoms with Crippen LogP contribution in [0.5, 0.6) is 11.5 Å². The number of rotatable bonds is 11. The summed E-state index contributed by atoms with van der Waals surface area (Å²) in [5, 5.41) is 25.8. The molecule has 5 aromatic carbocycles. The molecule has 11 nitrogen and oxygen atoms in total. The first-order chi connectivity index (χ1) is 27.9. The fraction of sp³-hybridized carbons (Fsp3) is 0.222. The van der Waals surface area contributed by atoms with Crippen LogP contribution in [0.1, 0.15) is 53.3 Å². The monoisotopic (exact) mass is 816 g/mol. The lowest BCUT2D eigenvalue weighted by Crippen LogP contribution is -2.56. The average molecular weight is 818 g/mol. The molecule has 0 aliphatic carbocycles. The molecule has 0 fully saturated rings. The van der Waals surface area contributed by atoms with Gasteiger partial charge in [0.2, 0.25) is 17.9 Å². The number of nitrogens with zero attached hydrogens (tertiary/aromatic N) is 2. The van der Waals surface area contributed by atoms with Gasteiger partial charge in [-0.15, -0.1) is 0 Å². The zero-order chi connectivity index (χ0) is 41.1. The Morgan fingerprint density at radius 3 is 2.22 bits per heavy atom. The Morgan fingerprint density at radius 1 is 0.914 bits per heavy atom. The summed E-state index contributed by atoms with van der Waals surface area (Å²) < 4.78 is 12.1. The lowest BCUT2D eigenvalue weighted by Gasteiger charge is -2.38. The van der Waals surface area contributed by atoms with Crippen LogP contribution in [0, 0.1) is 17.2 Å². The van der Waals surface area contributed by atoms with Gasteiger partial charge in [-0.1, -0.05) is 91.6 Å². The summed E-state index contributed by atoms with van der Waals surface area (Å²) >= 11 is 12.1. The summed E-state index contributed by atoms with van der Waals surface area (Å²) in [5.74, 6) is -1.89. The molecule has 1 unspecified atom stereocenters. The van der Waals surface area contributed by atoms with Gasteiger partial charge in [0.25, 0.3) is 5.91 Å². The van der Waals surface area contributed by atoms with Gasteiger partial charge in [-0.25, -0.2) is 4.79 Å². The molecule has 3 amide bonds. The normalized spacial score (nSPS) is 16.2. The molecule has 3 atom stereocenters. The number of nitriles is 1. The molecule has 0 radical (unpaired) electrons. The van der Waals surface area contributed by atoms with Gasteiger partial charge >= 0.3 is 5.97 Å². The highest BCUT2D eigenvalue weighted by Crippen LogP contribution is 2.40. The second kappa shape index (κ2) is 17.0. The first-order valence-corrected chi connectivity index (χ1v) is 19.4. The van der Waals surface area contributed by atoms with Crippen LogP contribution in [0.4, 0.5) is 5.69 Å². The maximum absolute atomic E-state index is 13.9. The van der Waals surface area contributed by atoms with Gasteiger partial charge in [0.15, 0.2) is 0 Å². The molecule has 2 aliphatic heterocycles. The third-order valence-electron chi connectivity index (χ3n) is 10.2. The van der Waals surface area contributed by atoms with Crippen molar-refractivity contribution in [2.75, 3.05) is 5.32 Å². The highest BCUT2D eigenvalue weighted by atomic mass is 35.5. The molecule has 2 aliphatic rings. The standard InChI is InChI=1S/C45H38Cl2N4O7/c1-25(2)44(54)51-23-33-21-40-37(49-43(53)41(58-40)31-12-14-34(15-13-31)57-24-28-7-16-35(46)36(47)17-28)19-32(33)20-39(51)42(52)50-38(45(55)56)18-26-3-8-29(9-4-26)30-10-5-27(22-48)6-11-30/h3-17,19,21,25,38-39,41H,18,20,23-24H2,1-2H3,(H,49,53)(H,50,52)(H,55,56)/t38-,39?,41-/m0/s1. The first kappa shape index (κ1) is 39.9. The van der Waals surface area contributed by atoms with Gasteiger partial charge in [0.1, 0.15) is 30.2 Å². The van der Waals surface area contributed by atoms with Crippen molar-refractivity contribution < 1.29 is 33.8 Å². The lowest BCUT2D eigenvalue weighted by molar-refractivity contribution is -0.146. The van der Waals surface area contributed by atoms with Crippen molar-refractivity contribution in [1.82, 2.24) is 10.2 Å². The Balaban J connectivity index is 1.04. The molecule has 2 heterocycles. The number of carboxylic acids is 1. The van der Waals surface area contributed by atoms with Gasteiger partial charge in [0.05, 0.1) is 27.4 Å². The van der Waals surface area contributed by atoms with E-state index in [0.717, 1.165) is 27.8 Å². The fourth-order valence-corrected chi connectivity index (χ4v) is 7.34. The highest BCUT2D eigenvalue weighted by molar-refractivity contribution is 6.42. The summed E-state index contributed by atoms with van der Waals surface area (Å²) in [6.07, 6.45) is -0.838. The molecule has 0 saturated heterocycles. The second-order valence-corrected chi connectivity index (χ2v) is 15.4. The lowest BCUT2D eigenvalue weighted by atomic mass is 9.90. The predicted octanol–water partition coefficient (Wildman–Crippen LogP) is 7.90. The number of nitrogens with one attached hydrogen (secondary N) is 2. The third-order valence-corrected chi connectivity index (χ3v) is 10.9. The largest absolute Gasteiger partial charge is 0.489 e. The van der Waals surface area contributed by atoms with E-state index in [2.05, 4.69) is 16.7 Å². The summed E-state index contributed by atoms with van der Waals surface area (Å²) in [5.41, 5.74) is 6.39. The van der Waals surface area contributed by atoms with Gasteiger partial charge in [0, 0.05) is 30.9 Å². The van der Waals surface area contributed by atoms with E-state index in [1.807, 2.05) is 30.3 Å². The predicted molar refractivity (Wildman–Crippen MR) is 218 cm³/mol. The topological polar surface area (TPSA) is 158 Å². The third kappa shape index (κ3) is 8.79. The maximum Gasteiger partial charge on any atom is 0.326 e. The highest BCUT2D eigenvalue weighted by Gasteiger charge is 2.39. The zero-order valence-corrected chi connectivity index (χ0v) is 33.0. The minimum Gasteiger partial charge on any atom is -0.489 e. The van der Waals surface area contributed by atoms with E-state index in [0.29, 0.717) is 43.9 Å². The van der Waals surface area contributed by atoms with E-state index in [1.165, 1.54) is 4.90 Å². The number of carbonyl (C=O) groups excluding carboxylic acids is 3. The molecule has 13 heteroatoms. The van der Waals surface area contributed by atoms with Crippen LogP contribution in [0.15, 0.2) is 103 Å². The Hall–Kier alpha value is -6.35. The second-order valence-electron chi connectivity index (χ2n) is 14.5. The average Bonchev–Trinajstić information content (AvgIpc) is 3.22. The molecule has 294 valence electrons. The number of carboxylic acid groups (broad SMARTS) is 1. The van der Waals surface area contributed by atoms with Gasteiger partial charge < -0.3 is 30.1 Å². The first-order valence-electron chi connectivity index (χ1n) is 18.6. The molecule has 0 aromatic heterocycles. The van der Waals surface area contributed by atoms with E-state index in [4.69, 9.17) is 37.9 Å². The molecule has 0 saturated carbocycles. The Bertz CT molecular complexity index is 2430. The smallest absolute Gasteiger partial charge is 0.326 e. The van der Waals surface area contributed by atoms with E-state index in [1.54, 1.807) is 86.6 Å². The van der Waals surface area contributed by atoms with Crippen molar-refractivity contribution in [2.45, 2.75) is 58.0 Å². The van der Waals surface area contributed by atoms with Crippen molar-refractivity contribution in [3.63, 3.8) is 0 Å². The zero-order valence-electron chi connectivity index (χ0n) is 31.5. The van der Waals surface area contributed by atoms with Crippen molar-refractivity contribution >= 4 is 52.6 Å². The van der Waals surface area contributed by atoms with Crippen LogP contribution in [-0.2, 0) is 45.2 Å². The van der Waals surface area contributed by atoms with Crippen molar-refractivity contribution in [2.24, 2.45) is 5.92 Å². The molecular weight excluding hydrogens is 779 g/mol. The maximum atomic E-state index is 13.9. The van der Waals surface area contributed by atoms with Crippen molar-refractivity contribution in [3.8, 4) is 28.7 Å². The van der Waals surface area contributed by atoms with Crippen LogP contribution in [-0.4, -0.2) is 45.8 Å². The minimum absolute atomic E-state index is 0.0166. The number of hydrogen-bond donors (Lipinski definition) is 3. The van der Waals surface area contributed by atoms with E-state index in [9.17, 15) is 24.3 Å². The van der Waals surface area contributed by atoms with E-state index >= 15 is 0 Å². The molecule has 3 N–H and O–H groups in total. The number of anilines is 1. The van der Waals surface area contributed by atoms with Crippen molar-refractivity contribution in [1.29, 1.82) is 5.26 Å². The van der Waals surface area contributed by atoms with E-state index in [-0.39, 0.29) is 37.8 Å². The number of fused-ring (bicyclic) bond motifs is 2. The number of halogens is 2. The Kier molecular flexibility index (Phi) is 11.7. The Labute approximate surface area is 345 Å². The van der Waals surface area contributed by atoms with Crippen molar-refractivity contribution in [3.05, 3.63) is 147 Å². The van der Waals surface area contributed by atoms with Crippen LogP contribution in [0.2, 0.25) is 10.0 Å². The number of amides is 3. The van der Waals surface area contributed by atoms with Gasteiger partial charge in [-0.05, 0) is 81.9 Å². The summed E-state index contributed by atoms with van der Waals surface area (Å²) in [7, 11) is 0. The van der Waals surface area contributed by atoms with E-state index < -0.39 is 36.0 Å². The number of ether oxygens (including phenoxy) is 2. The summed E-state index contributed by atoms with van der Waals surface area (Å²) in [6, 6.07) is 30.1. The number of aliphatic carboxylic acids is 1. The van der Waals surface area contributed by atoms with Crippen LogP contribution in [0.25, 0.3) is 11.1 Å². The number of benzene rings is 5. The Morgan fingerprint density at radius 2 is 1.59 bits per heavy atom. The molecule has 7 rings (SSSR count). The molecule has 0 spiro atoms. The molecule has 5 aromatic rings. The molecule has 0 bridgehead atoms. The number of hydrogen-bond acceptors (Lipinski definition) is 7. The quantitative estimate of drug-likeness (QED) is 0.121. The summed E-state index contributed by atoms with van der Waals surface area (Å²) in [6.45, 7) is 3.84. The molecule has 58 heavy (non-hydrogen) atoms. The molecular formula is C45H38Cl2N4O7. The minimum atomic E-state index is -1.26. The van der Waals surface area contributed by atoms with Crippen LogP contribution in [0.3, 0.4) is 0 Å².